The average Bonchev–Trinajstić information content (AvgIpc) is 2.61. The van der Waals surface area contributed by atoms with Gasteiger partial charge in [0.15, 0.2) is 0 Å². The molecular formula is C12H11N2O3Zr. The number of carbonyl (C=O) groups is 3. The second-order valence-corrected chi connectivity index (χ2v) is 4.64. The first-order valence-electron chi connectivity index (χ1n) is 5.53. The predicted octanol–water partition coefficient (Wildman–Crippen LogP) is 1.14. The Hall–Kier alpha value is -1.29. The molecule has 0 bridgehead atoms. The summed E-state index contributed by atoms with van der Waals surface area (Å²) in [5.74, 6) is -0.650. The molecular weight excluding hydrogens is 311 g/mol. The number of nitrogens with one attached hydrogen (secondary N) is 1. The van der Waals surface area contributed by atoms with Crippen LogP contribution in [0.3, 0.4) is 0 Å². The number of anilines is 1. The SMILES string of the molecule is CCC(=O)Nc1ccc2c(c1)C(=O)N([CH2][Zr])C2=O. The van der Waals surface area contributed by atoms with E-state index in [0.29, 0.717) is 27.5 Å². The first-order valence-corrected chi connectivity index (χ1v) is 7.27. The number of fused-ring (bicyclic) bond motifs is 1. The molecule has 1 N–H and O–H groups in total. The van der Waals surface area contributed by atoms with Crippen molar-refractivity contribution >= 4 is 23.4 Å². The molecule has 1 heterocycles. The Bertz CT molecular complexity index is 542. The third kappa shape index (κ3) is 2.17. The fourth-order valence-corrected chi connectivity index (χ4v) is 2.47. The molecule has 3 amide bonds. The van der Waals surface area contributed by atoms with Gasteiger partial charge in [0.1, 0.15) is 0 Å². The molecule has 18 heavy (non-hydrogen) atoms. The zero-order chi connectivity index (χ0) is 13.3. The molecule has 0 radical (unpaired) electrons. The molecule has 0 fully saturated rings. The van der Waals surface area contributed by atoms with Gasteiger partial charge in [-0.3, -0.25) is 0 Å². The topological polar surface area (TPSA) is 66.5 Å². The number of imide groups is 1. The summed E-state index contributed by atoms with van der Waals surface area (Å²) in [7, 11) is 0. The molecule has 0 unspecified atom stereocenters. The van der Waals surface area contributed by atoms with Crippen molar-refractivity contribution in [2.75, 3.05) is 9.57 Å². The third-order valence-corrected chi connectivity index (χ3v) is 3.51. The van der Waals surface area contributed by atoms with Gasteiger partial charge < -0.3 is 0 Å². The fraction of sp³-hybridized carbons (Fsp3) is 0.250. The summed E-state index contributed by atoms with van der Waals surface area (Å²) in [6.45, 7) is 1.75. The Morgan fingerprint density at radius 1 is 1.28 bits per heavy atom. The summed E-state index contributed by atoms with van der Waals surface area (Å²) in [5.41, 5.74) is 1.33. The normalized spacial score (nSPS) is 13.7. The van der Waals surface area contributed by atoms with E-state index in [2.05, 4.69) is 5.32 Å². The number of nitrogens with zero attached hydrogens (tertiary/aromatic N) is 1. The summed E-state index contributed by atoms with van der Waals surface area (Å²) < 4.78 is 0.440. The predicted molar refractivity (Wildman–Crippen MR) is 60.7 cm³/mol. The van der Waals surface area contributed by atoms with Gasteiger partial charge in [0, 0.05) is 0 Å². The average molecular weight is 322 g/mol. The molecule has 2 rings (SSSR count). The van der Waals surface area contributed by atoms with Gasteiger partial charge in [0.05, 0.1) is 0 Å². The van der Waals surface area contributed by atoms with Gasteiger partial charge in [-0.05, 0) is 0 Å². The zero-order valence-corrected chi connectivity index (χ0v) is 12.3. The van der Waals surface area contributed by atoms with Crippen LogP contribution in [0.15, 0.2) is 18.2 Å². The number of benzene rings is 1. The Labute approximate surface area is 119 Å². The van der Waals surface area contributed by atoms with Crippen LogP contribution in [0.5, 0.6) is 0 Å². The van der Waals surface area contributed by atoms with E-state index < -0.39 is 0 Å². The Kier molecular flexibility index (Phi) is 3.76. The maximum atomic E-state index is 12.0. The van der Waals surface area contributed by atoms with Gasteiger partial charge in [0.25, 0.3) is 0 Å². The number of hydrogen-bond donors (Lipinski definition) is 1. The molecule has 0 spiro atoms. The van der Waals surface area contributed by atoms with E-state index in [1.165, 1.54) is 4.90 Å². The van der Waals surface area contributed by atoms with E-state index >= 15 is 0 Å². The standard InChI is InChI=1S/C12H11N2O3.Zr/c1-3-10(15)13-7-4-5-8-9(6-7)12(17)14(2)11(8)16;/h4-6H,2-3H2,1H3,(H,13,15);. The van der Waals surface area contributed by atoms with Crippen molar-refractivity contribution < 1.29 is 39.1 Å². The molecule has 91 valence electrons. The van der Waals surface area contributed by atoms with E-state index in [1.54, 1.807) is 25.1 Å². The number of hydrogen-bond acceptors (Lipinski definition) is 3. The maximum absolute atomic E-state index is 12.0. The van der Waals surface area contributed by atoms with E-state index in [1.807, 2.05) is 0 Å². The second-order valence-electron chi connectivity index (χ2n) is 3.86. The Morgan fingerprint density at radius 2 is 1.94 bits per heavy atom. The molecule has 5 nitrogen and oxygen atoms in total. The summed E-state index contributed by atoms with van der Waals surface area (Å²) in [5, 5.41) is 2.67. The molecule has 1 aliphatic rings. The minimum atomic E-state index is -0.278. The molecule has 1 aromatic carbocycles. The molecule has 0 saturated heterocycles. The number of carbonyl (C=O) groups excluding carboxylic acids is 3. The van der Waals surface area contributed by atoms with Gasteiger partial charge in [0.2, 0.25) is 0 Å². The first-order chi connectivity index (χ1) is 8.58. The van der Waals surface area contributed by atoms with Crippen molar-refractivity contribution in [3.05, 3.63) is 29.3 Å². The molecule has 0 saturated carbocycles. The molecule has 1 aliphatic heterocycles. The molecule has 0 aliphatic carbocycles. The molecule has 1 aromatic rings. The third-order valence-electron chi connectivity index (χ3n) is 2.73. The minimum absolute atomic E-state index is 0.121. The van der Waals surface area contributed by atoms with Crippen molar-refractivity contribution in [1.82, 2.24) is 4.90 Å². The van der Waals surface area contributed by atoms with Crippen molar-refractivity contribution in [3.63, 3.8) is 0 Å². The van der Waals surface area contributed by atoms with Crippen molar-refractivity contribution in [3.8, 4) is 0 Å². The zero-order valence-electron chi connectivity index (χ0n) is 9.82. The van der Waals surface area contributed by atoms with Crippen LogP contribution < -0.4 is 5.32 Å². The number of amides is 3. The second kappa shape index (κ2) is 5.14. The van der Waals surface area contributed by atoms with Crippen molar-refractivity contribution in [1.29, 1.82) is 0 Å². The number of rotatable bonds is 3. The van der Waals surface area contributed by atoms with E-state index in [9.17, 15) is 14.4 Å². The van der Waals surface area contributed by atoms with Crippen LogP contribution in [0, 0.1) is 0 Å². The molecule has 0 atom stereocenters. The van der Waals surface area contributed by atoms with Crippen LogP contribution in [0.25, 0.3) is 0 Å². The Morgan fingerprint density at radius 3 is 2.56 bits per heavy atom. The summed E-state index contributed by atoms with van der Waals surface area (Å²) in [6, 6.07) is 4.80. The van der Waals surface area contributed by atoms with Gasteiger partial charge >= 0.3 is 120 Å². The Balaban J connectivity index is 2.35. The van der Waals surface area contributed by atoms with Gasteiger partial charge in [-0.1, -0.05) is 0 Å². The molecule has 6 heteroatoms. The van der Waals surface area contributed by atoms with Crippen molar-refractivity contribution in [2.45, 2.75) is 13.3 Å². The first kappa shape index (κ1) is 13.2. The van der Waals surface area contributed by atoms with Gasteiger partial charge in [-0.15, -0.1) is 0 Å². The van der Waals surface area contributed by atoms with Gasteiger partial charge in [-0.2, -0.15) is 0 Å². The van der Waals surface area contributed by atoms with Crippen LogP contribution in [-0.4, -0.2) is 26.9 Å². The van der Waals surface area contributed by atoms with E-state index in [4.69, 9.17) is 0 Å². The summed E-state index contributed by atoms with van der Waals surface area (Å²) in [6.07, 6.45) is 0.370. The summed E-state index contributed by atoms with van der Waals surface area (Å²) >= 11 is 1.10. The van der Waals surface area contributed by atoms with Crippen LogP contribution in [-0.2, 0) is 29.5 Å². The monoisotopic (exact) mass is 321 g/mol. The van der Waals surface area contributed by atoms with Gasteiger partial charge in [-0.25, -0.2) is 0 Å². The quantitative estimate of drug-likeness (QED) is 0.849. The van der Waals surface area contributed by atoms with Crippen LogP contribution in [0.1, 0.15) is 34.1 Å². The van der Waals surface area contributed by atoms with Crippen LogP contribution in [0.2, 0.25) is 0 Å². The van der Waals surface area contributed by atoms with Crippen molar-refractivity contribution in [2.24, 2.45) is 0 Å². The van der Waals surface area contributed by atoms with E-state index in [0.717, 1.165) is 24.7 Å². The summed E-state index contributed by atoms with van der Waals surface area (Å²) in [4.78, 5) is 36.3. The fourth-order valence-electron chi connectivity index (χ4n) is 1.76. The molecule has 0 aromatic heterocycles. The van der Waals surface area contributed by atoms with E-state index in [-0.39, 0.29) is 17.7 Å². The van der Waals surface area contributed by atoms with Crippen LogP contribution >= 0.6 is 0 Å². The van der Waals surface area contributed by atoms with Crippen LogP contribution in [0.4, 0.5) is 5.69 Å².